The minimum atomic E-state index is -0.622. The van der Waals surface area contributed by atoms with Crippen LogP contribution in [0.15, 0.2) is 54.9 Å². The van der Waals surface area contributed by atoms with Crippen molar-refractivity contribution in [3.8, 4) is 0 Å². The first-order valence-electron chi connectivity index (χ1n) is 10.7. The molecule has 2 amide bonds. The molecular formula is C25H20N4O6. The molecule has 1 aliphatic heterocycles. The van der Waals surface area contributed by atoms with Crippen LogP contribution in [0.1, 0.15) is 18.1 Å². The van der Waals surface area contributed by atoms with Crippen LogP contribution < -0.4 is 0 Å². The summed E-state index contributed by atoms with van der Waals surface area (Å²) in [5, 5.41) is 12.7. The van der Waals surface area contributed by atoms with Gasteiger partial charge < -0.3 is 13.9 Å². The summed E-state index contributed by atoms with van der Waals surface area (Å²) in [6.45, 7) is 0.684. The van der Waals surface area contributed by atoms with E-state index in [1.165, 1.54) is 19.1 Å². The predicted octanol–water partition coefficient (Wildman–Crippen LogP) is 3.38. The van der Waals surface area contributed by atoms with E-state index in [1.807, 2.05) is 35.9 Å². The van der Waals surface area contributed by atoms with Gasteiger partial charge in [0.2, 0.25) is 0 Å². The number of esters is 1. The van der Waals surface area contributed by atoms with Crippen LogP contribution in [0.4, 0.5) is 5.69 Å². The number of nitrogens with zero attached hydrogens (tertiary/aromatic N) is 4. The highest BCUT2D eigenvalue weighted by Crippen LogP contribution is 2.41. The molecule has 2 aromatic heterocycles. The number of nitro benzene ring substituents is 1. The normalized spacial score (nSPS) is 14.0. The molecule has 2 aromatic carbocycles. The van der Waals surface area contributed by atoms with Gasteiger partial charge in [0.1, 0.15) is 0 Å². The molecule has 0 saturated heterocycles. The molecule has 0 aliphatic carbocycles. The monoisotopic (exact) mass is 472 g/mol. The third-order valence-electron chi connectivity index (χ3n) is 6.19. The number of rotatable bonds is 5. The smallest absolute Gasteiger partial charge is 0.304 e. The Hall–Kier alpha value is -4.73. The first-order valence-corrected chi connectivity index (χ1v) is 10.7. The molecule has 1 aliphatic rings. The summed E-state index contributed by atoms with van der Waals surface area (Å²) in [6.07, 6.45) is 3.46. The molecule has 0 atom stereocenters. The SMILES string of the molecule is CC(=O)OCN1C(=O)C(c2cn(C)c3ccccc23)=C(c2cn(C)c3cc([N+](=O)[O-])ccc23)C1=O. The van der Waals surface area contributed by atoms with E-state index in [2.05, 4.69) is 0 Å². The Morgan fingerprint density at radius 3 is 2.09 bits per heavy atom. The minimum Gasteiger partial charge on any atom is -0.444 e. The summed E-state index contributed by atoms with van der Waals surface area (Å²) in [5.74, 6) is -1.81. The number of hydrogen-bond acceptors (Lipinski definition) is 6. The number of para-hydroxylation sites is 1. The van der Waals surface area contributed by atoms with Gasteiger partial charge in [-0.05, 0) is 12.1 Å². The lowest BCUT2D eigenvalue weighted by atomic mass is 9.95. The average Bonchev–Trinajstić information content (AvgIpc) is 3.41. The van der Waals surface area contributed by atoms with E-state index in [1.54, 1.807) is 30.1 Å². The summed E-state index contributed by atoms with van der Waals surface area (Å²) in [5.41, 5.74) is 2.70. The maximum atomic E-state index is 13.6. The van der Waals surface area contributed by atoms with Crippen LogP contribution in [0.2, 0.25) is 0 Å². The summed E-state index contributed by atoms with van der Waals surface area (Å²) in [4.78, 5) is 50.3. The molecule has 4 aromatic rings. The van der Waals surface area contributed by atoms with Crippen LogP contribution >= 0.6 is 0 Å². The summed E-state index contributed by atoms with van der Waals surface area (Å²) in [7, 11) is 3.56. The highest BCUT2D eigenvalue weighted by molar-refractivity contribution is 6.50. The molecule has 0 bridgehead atoms. The molecule has 5 rings (SSSR count). The number of aryl methyl sites for hydroxylation is 2. The molecule has 10 heteroatoms. The van der Waals surface area contributed by atoms with Crippen molar-refractivity contribution >= 4 is 56.4 Å². The summed E-state index contributed by atoms with van der Waals surface area (Å²) < 4.78 is 8.54. The number of benzene rings is 2. The van der Waals surface area contributed by atoms with Gasteiger partial charge in [-0.2, -0.15) is 0 Å². The third-order valence-corrected chi connectivity index (χ3v) is 6.19. The molecule has 0 fully saturated rings. The number of hydrogen-bond donors (Lipinski definition) is 0. The fourth-order valence-corrected chi connectivity index (χ4v) is 4.57. The number of amides is 2. The number of carbonyl (C=O) groups excluding carboxylic acids is 3. The largest absolute Gasteiger partial charge is 0.444 e. The van der Waals surface area contributed by atoms with Crippen LogP contribution in [0, 0.1) is 10.1 Å². The van der Waals surface area contributed by atoms with Crippen molar-refractivity contribution in [1.82, 2.24) is 14.0 Å². The van der Waals surface area contributed by atoms with Gasteiger partial charge in [0.15, 0.2) is 6.73 Å². The van der Waals surface area contributed by atoms with Crippen molar-refractivity contribution in [2.45, 2.75) is 6.92 Å². The number of imide groups is 1. The molecule has 0 unspecified atom stereocenters. The predicted molar refractivity (Wildman–Crippen MR) is 128 cm³/mol. The first kappa shape index (κ1) is 22.1. The Labute approximate surface area is 198 Å². The Balaban J connectivity index is 1.79. The number of nitro groups is 1. The second kappa shape index (κ2) is 7.94. The molecule has 0 spiro atoms. The van der Waals surface area contributed by atoms with Crippen molar-refractivity contribution in [2.75, 3.05) is 6.73 Å². The third kappa shape index (κ3) is 3.38. The Morgan fingerprint density at radius 1 is 0.914 bits per heavy atom. The molecule has 0 saturated carbocycles. The molecule has 35 heavy (non-hydrogen) atoms. The van der Waals surface area contributed by atoms with E-state index in [0.717, 1.165) is 15.8 Å². The topological polar surface area (TPSA) is 117 Å². The van der Waals surface area contributed by atoms with Crippen LogP contribution in [0.5, 0.6) is 0 Å². The first-order chi connectivity index (χ1) is 16.7. The number of carbonyl (C=O) groups is 3. The fourth-order valence-electron chi connectivity index (χ4n) is 4.57. The Kier molecular flexibility index (Phi) is 5.01. The van der Waals surface area contributed by atoms with Crippen LogP contribution in [0.3, 0.4) is 0 Å². The van der Waals surface area contributed by atoms with Gasteiger partial charge in [0.05, 0.1) is 21.6 Å². The standard InChI is InChI=1S/C25H20N4O6/c1-14(30)35-13-28-24(31)22(18-11-26(2)20-7-5-4-6-16(18)20)23(25(28)32)19-12-27(3)21-10-15(29(33)34)8-9-17(19)21/h4-12H,13H2,1-3H3. The maximum absolute atomic E-state index is 13.6. The molecule has 0 N–H and O–H groups in total. The van der Waals surface area contributed by atoms with Gasteiger partial charge in [-0.3, -0.25) is 24.5 Å². The van der Waals surface area contributed by atoms with Gasteiger partial charge in [-0.15, -0.1) is 0 Å². The van der Waals surface area contributed by atoms with Gasteiger partial charge in [0.25, 0.3) is 17.5 Å². The molecule has 176 valence electrons. The van der Waals surface area contributed by atoms with E-state index in [0.29, 0.717) is 22.0 Å². The van der Waals surface area contributed by atoms with Gasteiger partial charge in [-0.1, -0.05) is 18.2 Å². The molecule has 0 radical (unpaired) electrons. The Morgan fingerprint density at radius 2 is 1.49 bits per heavy atom. The van der Waals surface area contributed by atoms with Crippen LogP contribution in [0.25, 0.3) is 33.0 Å². The highest BCUT2D eigenvalue weighted by atomic mass is 16.6. The molecular weight excluding hydrogens is 452 g/mol. The summed E-state index contributed by atoms with van der Waals surface area (Å²) >= 11 is 0. The van der Waals surface area contributed by atoms with Crippen LogP contribution in [-0.4, -0.2) is 43.5 Å². The lowest BCUT2D eigenvalue weighted by molar-refractivity contribution is -0.384. The number of fused-ring (bicyclic) bond motifs is 2. The van der Waals surface area contributed by atoms with Crippen molar-refractivity contribution in [3.63, 3.8) is 0 Å². The van der Waals surface area contributed by atoms with Gasteiger partial charge in [-0.25, -0.2) is 4.90 Å². The number of ether oxygens (including phenoxy) is 1. The van der Waals surface area contributed by atoms with Crippen molar-refractivity contribution < 1.29 is 24.0 Å². The van der Waals surface area contributed by atoms with Gasteiger partial charge in [0, 0.05) is 73.0 Å². The number of aromatic nitrogens is 2. The zero-order chi connectivity index (χ0) is 25.0. The van der Waals surface area contributed by atoms with Crippen LogP contribution in [-0.2, 0) is 33.2 Å². The molecule has 10 nitrogen and oxygen atoms in total. The maximum Gasteiger partial charge on any atom is 0.304 e. The van der Waals surface area contributed by atoms with Crippen molar-refractivity contribution in [3.05, 3.63) is 76.1 Å². The zero-order valence-corrected chi connectivity index (χ0v) is 19.1. The van der Waals surface area contributed by atoms with Crippen molar-refractivity contribution in [1.29, 1.82) is 0 Å². The summed E-state index contributed by atoms with van der Waals surface area (Å²) in [6, 6.07) is 11.9. The average molecular weight is 472 g/mol. The van der Waals surface area contributed by atoms with E-state index >= 15 is 0 Å². The zero-order valence-electron chi connectivity index (χ0n) is 19.1. The van der Waals surface area contributed by atoms with Crippen molar-refractivity contribution in [2.24, 2.45) is 14.1 Å². The van der Waals surface area contributed by atoms with E-state index in [4.69, 9.17) is 4.74 Å². The Bertz CT molecular complexity index is 1620. The second-order valence-electron chi connectivity index (χ2n) is 8.34. The van der Waals surface area contributed by atoms with E-state index < -0.39 is 29.4 Å². The van der Waals surface area contributed by atoms with E-state index in [-0.39, 0.29) is 16.8 Å². The van der Waals surface area contributed by atoms with Gasteiger partial charge >= 0.3 is 5.97 Å². The highest BCUT2D eigenvalue weighted by Gasteiger charge is 2.42. The number of non-ortho nitro benzene ring substituents is 1. The molecule has 3 heterocycles. The van der Waals surface area contributed by atoms with E-state index in [9.17, 15) is 24.5 Å². The fraction of sp³-hybridized carbons (Fsp3) is 0.160. The lowest BCUT2D eigenvalue weighted by Gasteiger charge is -2.14. The lowest BCUT2D eigenvalue weighted by Crippen LogP contribution is -2.34. The quantitative estimate of drug-likeness (QED) is 0.190. The second-order valence-corrected chi connectivity index (χ2v) is 8.34. The minimum absolute atomic E-state index is 0.0844.